The Morgan fingerprint density at radius 1 is 1.15 bits per heavy atom. The van der Waals surface area contributed by atoms with E-state index in [-0.39, 0.29) is 4.90 Å². The molecule has 144 valence electrons. The number of nitrogens with zero attached hydrogens (tertiary/aromatic N) is 1. The van der Waals surface area contributed by atoms with Crippen molar-refractivity contribution in [2.75, 3.05) is 19.0 Å². The van der Waals surface area contributed by atoms with Gasteiger partial charge < -0.3 is 9.64 Å². The van der Waals surface area contributed by atoms with Gasteiger partial charge in [-0.05, 0) is 44.3 Å². The van der Waals surface area contributed by atoms with Crippen molar-refractivity contribution in [3.63, 3.8) is 0 Å². The number of esters is 1. The van der Waals surface area contributed by atoms with Crippen molar-refractivity contribution in [2.24, 2.45) is 0 Å². The van der Waals surface area contributed by atoms with E-state index >= 15 is 0 Å². The number of carbonyl (C=O) groups is 2. The number of ether oxygens (including phenoxy) is 1. The van der Waals surface area contributed by atoms with Crippen LogP contribution in [0.15, 0.2) is 53.4 Å². The second-order valence-corrected chi connectivity index (χ2v) is 7.52. The zero-order valence-electron chi connectivity index (χ0n) is 15.0. The molecule has 0 saturated heterocycles. The number of benzene rings is 2. The van der Waals surface area contributed by atoms with Gasteiger partial charge in [-0.2, -0.15) is 0 Å². The second-order valence-electron chi connectivity index (χ2n) is 5.63. The Labute approximate surface area is 156 Å². The average Bonchev–Trinajstić information content (AvgIpc) is 2.67. The van der Waals surface area contributed by atoms with Crippen LogP contribution in [0, 0.1) is 5.82 Å². The van der Waals surface area contributed by atoms with Gasteiger partial charge in [0.05, 0.1) is 10.5 Å². The van der Waals surface area contributed by atoms with Gasteiger partial charge >= 0.3 is 5.97 Å². The number of nitrogens with one attached hydrogen (secondary N) is 1. The lowest BCUT2D eigenvalue weighted by Gasteiger charge is -2.21. The van der Waals surface area contributed by atoms with Crippen molar-refractivity contribution in [1.82, 2.24) is 4.72 Å². The topological polar surface area (TPSA) is 92.8 Å². The number of halogens is 1. The molecule has 2 rings (SSSR count). The van der Waals surface area contributed by atoms with Gasteiger partial charge in [0.15, 0.2) is 6.10 Å². The predicted octanol–water partition coefficient (Wildman–Crippen LogP) is 1.94. The first-order chi connectivity index (χ1) is 12.7. The summed E-state index contributed by atoms with van der Waals surface area (Å²) in [5.41, 5.74) is 0.0204. The highest BCUT2D eigenvalue weighted by atomic mass is 32.2. The lowest BCUT2D eigenvalue weighted by Crippen LogP contribution is -2.37. The van der Waals surface area contributed by atoms with Gasteiger partial charge in [-0.3, -0.25) is 4.79 Å². The molecule has 0 fully saturated rings. The molecule has 2 aromatic carbocycles. The standard InChI is InChI=1S/C18H19FN2O5S/c1-12(17(22)21(3)13-7-5-4-6-8-13)26-18(23)15-11-14(9-10-16(15)19)27(24,25)20-2/h4-12,20H,1-3H3. The molecule has 0 saturated carbocycles. The summed E-state index contributed by atoms with van der Waals surface area (Å²) in [5.74, 6) is -2.61. The molecule has 1 N–H and O–H groups in total. The molecule has 0 bridgehead atoms. The van der Waals surface area contributed by atoms with Gasteiger partial charge in [0, 0.05) is 12.7 Å². The smallest absolute Gasteiger partial charge is 0.341 e. The normalized spacial score (nSPS) is 12.3. The van der Waals surface area contributed by atoms with Crippen molar-refractivity contribution in [1.29, 1.82) is 0 Å². The summed E-state index contributed by atoms with van der Waals surface area (Å²) in [6, 6.07) is 11.4. The Kier molecular flexibility index (Phi) is 6.29. The lowest BCUT2D eigenvalue weighted by atomic mass is 10.2. The molecule has 0 heterocycles. The Hall–Kier alpha value is -2.78. The van der Waals surface area contributed by atoms with Crippen molar-refractivity contribution < 1.29 is 27.1 Å². The molecule has 1 unspecified atom stereocenters. The van der Waals surface area contributed by atoms with Crippen LogP contribution in [0.25, 0.3) is 0 Å². The average molecular weight is 394 g/mol. The van der Waals surface area contributed by atoms with Gasteiger partial charge in [-0.15, -0.1) is 0 Å². The van der Waals surface area contributed by atoms with E-state index in [0.29, 0.717) is 5.69 Å². The molecule has 0 aliphatic heterocycles. The van der Waals surface area contributed by atoms with E-state index in [1.54, 1.807) is 30.3 Å². The molecule has 1 amide bonds. The maximum absolute atomic E-state index is 14.0. The van der Waals surface area contributed by atoms with Crippen LogP contribution < -0.4 is 9.62 Å². The molecular weight excluding hydrogens is 375 g/mol. The molecule has 0 aliphatic rings. The summed E-state index contributed by atoms with van der Waals surface area (Å²) in [4.78, 5) is 25.7. The van der Waals surface area contributed by atoms with Crippen LogP contribution in [0.4, 0.5) is 10.1 Å². The van der Waals surface area contributed by atoms with Crippen LogP contribution in [-0.2, 0) is 19.6 Å². The van der Waals surface area contributed by atoms with E-state index in [4.69, 9.17) is 4.74 Å². The molecular formula is C18H19FN2O5S. The molecule has 0 aromatic heterocycles. The Morgan fingerprint density at radius 3 is 2.37 bits per heavy atom. The van der Waals surface area contributed by atoms with Crippen molar-refractivity contribution in [2.45, 2.75) is 17.9 Å². The number of para-hydroxylation sites is 1. The maximum Gasteiger partial charge on any atom is 0.341 e. The molecule has 1 atom stereocenters. The zero-order chi connectivity index (χ0) is 20.2. The van der Waals surface area contributed by atoms with Crippen LogP contribution in [0.2, 0.25) is 0 Å². The van der Waals surface area contributed by atoms with Crippen LogP contribution in [0.3, 0.4) is 0 Å². The largest absolute Gasteiger partial charge is 0.449 e. The number of amides is 1. The fourth-order valence-corrected chi connectivity index (χ4v) is 3.03. The van der Waals surface area contributed by atoms with E-state index < -0.39 is 39.4 Å². The molecule has 27 heavy (non-hydrogen) atoms. The predicted molar refractivity (Wildman–Crippen MR) is 97.4 cm³/mol. The Balaban J connectivity index is 2.19. The van der Waals surface area contributed by atoms with E-state index in [2.05, 4.69) is 4.72 Å². The van der Waals surface area contributed by atoms with E-state index in [9.17, 15) is 22.4 Å². The zero-order valence-corrected chi connectivity index (χ0v) is 15.8. The third-order valence-corrected chi connectivity index (χ3v) is 5.25. The quantitative estimate of drug-likeness (QED) is 0.756. The monoisotopic (exact) mass is 394 g/mol. The van der Waals surface area contributed by atoms with Crippen molar-refractivity contribution >= 4 is 27.6 Å². The van der Waals surface area contributed by atoms with E-state index in [0.717, 1.165) is 18.2 Å². The number of hydrogen-bond acceptors (Lipinski definition) is 5. The van der Waals surface area contributed by atoms with Crippen molar-refractivity contribution in [3.8, 4) is 0 Å². The number of sulfonamides is 1. The van der Waals surface area contributed by atoms with Gasteiger partial charge in [0.2, 0.25) is 10.0 Å². The first-order valence-electron chi connectivity index (χ1n) is 7.94. The minimum Gasteiger partial charge on any atom is -0.449 e. The van der Waals surface area contributed by atoms with E-state index in [1.165, 1.54) is 25.9 Å². The number of hydrogen-bond donors (Lipinski definition) is 1. The van der Waals surface area contributed by atoms with Crippen LogP contribution >= 0.6 is 0 Å². The number of anilines is 1. The third-order valence-electron chi connectivity index (χ3n) is 3.84. The summed E-state index contributed by atoms with van der Waals surface area (Å²) in [7, 11) is -1.16. The number of carbonyl (C=O) groups excluding carboxylic acids is 2. The minimum absolute atomic E-state index is 0.293. The van der Waals surface area contributed by atoms with Crippen LogP contribution in [0.5, 0.6) is 0 Å². The Bertz CT molecular complexity index is 947. The summed E-state index contributed by atoms with van der Waals surface area (Å²) in [6.07, 6.45) is -1.20. The van der Waals surface area contributed by atoms with Crippen LogP contribution in [0.1, 0.15) is 17.3 Å². The SMILES string of the molecule is CNS(=O)(=O)c1ccc(F)c(C(=O)OC(C)C(=O)N(C)c2ccccc2)c1. The van der Waals surface area contributed by atoms with Gasteiger partial charge in [0.1, 0.15) is 5.82 Å². The summed E-state index contributed by atoms with van der Waals surface area (Å²) in [6.45, 7) is 1.35. The highest BCUT2D eigenvalue weighted by Crippen LogP contribution is 2.18. The van der Waals surface area contributed by atoms with Crippen LogP contribution in [-0.4, -0.2) is 40.5 Å². The molecule has 0 aliphatic carbocycles. The summed E-state index contributed by atoms with van der Waals surface area (Å²) in [5, 5.41) is 0. The highest BCUT2D eigenvalue weighted by Gasteiger charge is 2.25. The molecule has 9 heteroatoms. The molecule has 7 nitrogen and oxygen atoms in total. The Morgan fingerprint density at radius 2 is 1.78 bits per heavy atom. The fourth-order valence-electron chi connectivity index (χ4n) is 2.27. The first-order valence-corrected chi connectivity index (χ1v) is 9.42. The third kappa shape index (κ3) is 4.69. The second kappa shape index (κ2) is 8.28. The summed E-state index contributed by atoms with van der Waals surface area (Å²) >= 11 is 0. The van der Waals surface area contributed by atoms with E-state index in [1.807, 2.05) is 0 Å². The highest BCUT2D eigenvalue weighted by molar-refractivity contribution is 7.89. The lowest BCUT2D eigenvalue weighted by molar-refractivity contribution is -0.126. The fraction of sp³-hybridized carbons (Fsp3) is 0.222. The first kappa shape index (κ1) is 20.5. The minimum atomic E-state index is -3.86. The number of rotatable bonds is 6. The van der Waals surface area contributed by atoms with Gasteiger partial charge in [0.25, 0.3) is 5.91 Å². The molecule has 0 spiro atoms. The maximum atomic E-state index is 14.0. The van der Waals surface area contributed by atoms with Gasteiger partial charge in [-0.25, -0.2) is 22.3 Å². The number of likely N-dealkylation sites (N-methyl/N-ethyl adjacent to an activating group) is 1. The van der Waals surface area contributed by atoms with Gasteiger partial charge in [-0.1, -0.05) is 18.2 Å². The van der Waals surface area contributed by atoms with Crippen molar-refractivity contribution in [3.05, 3.63) is 59.9 Å². The molecule has 2 aromatic rings. The molecule has 0 radical (unpaired) electrons. The summed E-state index contributed by atoms with van der Waals surface area (Å²) < 4.78 is 44.7.